The van der Waals surface area contributed by atoms with E-state index in [4.69, 9.17) is 9.47 Å². The highest BCUT2D eigenvalue weighted by Crippen LogP contribution is 2.66. The first kappa shape index (κ1) is 21.3. The van der Waals surface area contributed by atoms with E-state index in [1.54, 1.807) is 6.92 Å². The van der Waals surface area contributed by atoms with Crippen LogP contribution in [0.4, 0.5) is 0 Å². The van der Waals surface area contributed by atoms with Gasteiger partial charge in [0.25, 0.3) is 0 Å². The van der Waals surface area contributed by atoms with Crippen molar-refractivity contribution in [2.24, 2.45) is 34.5 Å². The fourth-order valence-electron chi connectivity index (χ4n) is 8.42. The first-order chi connectivity index (χ1) is 14.8. The fraction of sp³-hybridized carbons (Fsp3) is 0.778. The summed E-state index contributed by atoms with van der Waals surface area (Å²) >= 11 is 0. The molecule has 4 heteroatoms. The number of hydrogen-bond donors (Lipinski definition) is 0. The third kappa shape index (κ3) is 3.31. The van der Waals surface area contributed by atoms with Gasteiger partial charge in [0, 0.05) is 30.6 Å². The normalized spacial score (nSPS) is 44.0. The second-order valence-corrected chi connectivity index (χ2v) is 11.3. The lowest BCUT2D eigenvalue weighted by atomic mass is 9.45. The van der Waals surface area contributed by atoms with E-state index in [-0.39, 0.29) is 22.9 Å². The molecular weight excluding hydrogens is 388 g/mol. The molecule has 0 radical (unpaired) electrons. The second-order valence-electron chi connectivity index (χ2n) is 11.3. The predicted molar refractivity (Wildman–Crippen MR) is 119 cm³/mol. The van der Waals surface area contributed by atoms with Crippen LogP contribution in [-0.4, -0.2) is 24.5 Å². The van der Waals surface area contributed by atoms with E-state index in [0.717, 1.165) is 63.7 Å². The molecule has 5 aliphatic carbocycles. The van der Waals surface area contributed by atoms with Crippen LogP contribution < -0.4 is 0 Å². The maximum Gasteiger partial charge on any atom is 0.302 e. The monoisotopic (exact) mass is 426 g/mol. The van der Waals surface area contributed by atoms with Crippen molar-refractivity contribution in [1.29, 1.82) is 0 Å². The number of hydrogen-bond acceptors (Lipinski definition) is 4. The summed E-state index contributed by atoms with van der Waals surface area (Å²) in [4.78, 5) is 24.2. The van der Waals surface area contributed by atoms with Crippen molar-refractivity contribution in [3.05, 3.63) is 23.5 Å². The molecule has 5 rings (SSSR count). The van der Waals surface area contributed by atoms with Gasteiger partial charge in [0.15, 0.2) is 5.78 Å². The fourth-order valence-corrected chi connectivity index (χ4v) is 8.42. The lowest BCUT2D eigenvalue weighted by Crippen LogP contribution is -2.56. The minimum absolute atomic E-state index is 0.0128. The van der Waals surface area contributed by atoms with Crippen LogP contribution in [0.25, 0.3) is 0 Å². The molecule has 0 amide bonds. The number of carbonyl (C=O) groups is 2. The Bertz CT molecular complexity index is 825. The summed E-state index contributed by atoms with van der Waals surface area (Å²) in [5.41, 5.74) is 1.45. The van der Waals surface area contributed by atoms with Gasteiger partial charge >= 0.3 is 5.97 Å². The Balaban J connectivity index is 1.47. The average molecular weight is 427 g/mol. The minimum Gasteiger partial charge on any atom is -0.497 e. The first-order valence-corrected chi connectivity index (χ1v) is 12.6. The van der Waals surface area contributed by atoms with Gasteiger partial charge in [-0.2, -0.15) is 0 Å². The van der Waals surface area contributed by atoms with E-state index in [9.17, 15) is 9.59 Å². The number of esters is 1. The van der Waals surface area contributed by atoms with E-state index < -0.39 is 0 Å². The largest absolute Gasteiger partial charge is 0.497 e. The Labute approximate surface area is 186 Å². The summed E-state index contributed by atoms with van der Waals surface area (Å²) in [6.45, 7) is 6.95. The third-order valence-corrected chi connectivity index (χ3v) is 9.88. The van der Waals surface area contributed by atoms with Crippen LogP contribution in [0, 0.1) is 34.5 Å². The number of allylic oxidation sites excluding steroid dienone is 2. The zero-order chi connectivity index (χ0) is 21.8. The number of ketones is 1. The molecule has 0 aromatic rings. The quantitative estimate of drug-likeness (QED) is 0.536. The van der Waals surface area contributed by atoms with Gasteiger partial charge in [-0.25, -0.2) is 0 Å². The van der Waals surface area contributed by atoms with Crippen molar-refractivity contribution in [2.45, 2.75) is 91.1 Å². The van der Waals surface area contributed by atoms with Gasteiger partial charge in [-0.3, -0.25) is 9.59 Å². The van der Waals surface area contributed by atoms with Crippen molar-refractivity contribution >= 4 is 11.8 Å². The van der Waals surface area contributed by atoms with Crippen LogP contribution in [0.1, 0.15) is 85.0 Å². The van der Waals surface area contributed by atoms with Crippen LogP contribution in [-0.2, 0) is 19.1 Å². The smallest absolute Gasteiger partial charge is 0.302 e. The number of fused-ring (bicyclic) bond motifs is 5. The summed E-state index contributed by atoms with van der Waals surface area (Å²) in [6, 6.07) is 0. The van der Waals surface area contributed by atoms with Crippen molar-refractivity contribution < 1.29 is 19.1 Å². The Morgan fingerprint density at radius 3 is 2.74 bits per heavy atom. The highest BCUT2D eigenvalue weighted by molar-refractivity contribution is 5.92. The lowest BCUT2D eigenvalue weighted by molar-refractivity contribution is -0.159. The van der Waals surface area contributed by atoms with Crippen molar-refractivity contribution in [1.82, 2.24) is 0 Å². The van der Waals surface area contributed by atoms with Gasteiger partial charge in [0.05, 0.1) is 12.4 Å². The topological polar surface area (TPSA) is 52.6 Å². The first-order valence-electron chi connectivity index (χ1n) is 12.6. The molecule has 0 saturated heterocycles. The van der Waals surface area contributed by atoms with Crippen LogP contribution in [0.5, 0.6) is 0 Å². The number of ether oxygens (including phenoxy) is 2. The zero-order valence-corrected chi connectivity index (χ0v) is 19.5. The summed E-state index contributed by atoms with van der Waals surface area (Å²) < 4.78 is 12.3. The Hall–Kier alpha value is -1.58. The summed E-state index contributed by atoms with van der Waals surface area (Å²) in [7, 11) is 0. The molecule has 0 heterocycles. The van der Waals surface area contributed by atoms with Gasteiger partial charge < -0.3 is 9.47 Å². The molecule has 170 valence electrons. The van der Waals surface area contributed by atoms with Crippen LogP contribution in [0.15, 0.2) is 23.5 Å². The average Bonchev–Trinajstić information content (AvgIpc) is 3.34. The molecule has 31 heavy (non-hydrogen) atoms. The molecular formula is C27H38O4. The van der Waals surface area contributed by atoms with Gasteiger partial charge in [0.2, 0.25) is 0 Å². The Morgan fingerprint density at radius 1 is 1.16 bits per heavy atom. The molecule has 4 nitrogen and oxygen atoms in total. The maximum absolute atomic E-state index is 12.5. The molecule has 0 N–H and O–H groups in total. The van der Waals surface area contributed by atoms with Gasteiger partial charge in [0.1, 0.15) is 6.10 Å². The van der Waals surface area contributed by atoms with Gasteiger partial charge in [-0.15, -0.1) is 0 Å². The predicted octanol–water partition coefficient (Wildman–Crippen LogP) is 5.76. The molecule has 5 aliphatic rings. The lowest BCUT2D eigenvalue weighted by Gasteiger charge is -2.60. The summed E-state index contributed by atoms with van der Waals surface area (Å²) in [5, 5.41) is 0. The van der Waals surface area contributed by atoms with Gasteiger partial charge in [-0.1, -0.05) is 19.4 Å². The highest BCUT2D eigenvalue weighted by Gasteiger charge is 2.62. The molecule has 3 fully saturated rings. The molecule has 0 aromatic heterocycles. The SMILES string of the molecule is CC(=O)OC1CC[C@H]2[C@@H]3CCC4=CC(=O)CC(C)[C@]4(COC4=CCCC4)[C@@H]3CC[C@]12C. The van der Waals surface area contributed by atoms with E-state index in [0.29, 0.717) is 35.9 Å². The third-order valence-electron chi connectivity index (χ3n) is 9.88. The number of carbonyl (C=O) groups excluding carboxylic acids is 2. The van der Waals surface area contributed by atoms with E-state index in [1.165, 1.54) is 12.0 Å². The van der Waals surface area contributed by atoms with E-state index >= 15 is 0 Å². The van der Waals surface area contributed by atoms with Gasteiger partial charge in [-0.05, 0) is 87.2 Å². The molecule has 0 spiro atoms. The van der Waals surface area contributed by atoms with Crippen LogP contribution >= 0.6 is 0 Å². The second kappa shape index (κ2) is 7.78. The maximum atomic E-state index is 12.5. The summed E-state index contributed by atoms with van der Waals surface area (Å²) in [6.07, 6.45) is 14.9. The van der Waals surface area contributed by atoms with Crippen molar-refractivity contribution in [3.8, 4) is 0 Å². The van der Waals surface area contributed by atoms with Crippen molar-refractivity contribution in [2.75, 3.05) is 6.61 Å². The van der Waals surface area contributed by atoms with Crippen LogP contribution in [0.3, 0.4) is 0 Å². The van der Waals surface area contributed by atoms with E-state index in [2.05, 4.69) is 19.9 Å². The molecule has 7 atom stereocenters. The Morgan fingerprint density at radius 2 is 2.00 bits per heavy atom. The summed E-state index contributed by atoms with van der Waals surface area (Å²) in [5.74, 6) is 3.44. The number of rotatable bonds is 4. The highest BCUT2D eigenvalue weighted by atomic mass is 16.5. The molecule has 2 unspecified atom stereocenters. The zero-order valence-electron chi connectivity index (χ0n) is 19.5. The molecule has 0 aliphatic heterocycles. The van der Waals surface area contributed by atoms with Crippen LogP contribution in [0.2, 0.25) is 0 Å². The van der Waals surface area contributed by atoms with E-state index in [1.807, 2.05) is 6.08 Å². The Kier molecular flexibility index (Phi) is 5.34. The molecule has 0 bridgehead atoms. The molecule has 3 saturated carbocycles. The minimum atomic E-state index is -0.142. The standard InChI is InChI=1S/C27H38O4/c1-17-14-20(29)15-19-8-9-22-23-10-11-25(31-18(2)28)26(23,3)13-12-24(22)27(17,19)16-30-21-6-4-5-7-21/h6,15,17,22-25H,4-5,7-14,16H2,1-3H3/t17?,22-,23-,24+,25?,26-,27-/m0/s1. The van der Waals surface area contributed by atoms with Crippen molar-refractivity contribution in [3.63, 3.8) is 0 Å². The molecule has 0 aromatic carbocycles.